The van der Waals surface area contributed by atoms with Gasteiger partial charge in [0.2, 0.25) is 10.0 Å². The van der Waals surface area contributed by atoms with Crippen LogP contribution in [0.25, 0.3) is 0 Å². The second kappa shape index (κ2) is 5.71. The number of rotatable bonds is 4. The van der Waals surface area contributed by atoms with Crippen molar-refractivity contribution in [1.29, 1.82) is 5.26 Å². The van der Waals surface area contributed by atoms with Gasteiger partial charge in [-0.3, -0.25) is 0 Å². The molecule has 2 aromatic rings. The number of benzene rings is 1. The van der Waals surface area contributed by atoms with Gasteiger partial charge in [0, 0.05) is 11.1 Å². The van der Waals surface area contributed by atoms with E-state index in [1.54, 1.807) is 19.1 Å². The normalized spacial score (nSPS) is 11.2. The van der Waals surface area contributed by atoms with Crippen LogP contribution in [0.15, 0.2) is 28.5 Å². The van der Waals surface area contributed by atoms with E-state index in [9.17, 15) is 8.42 Å². The fourth-order valence-electron chi connectivity index (χ4n) is 1.68. The van der Waals surface area contributed by atoms with Gasteiger partial charge in [-0.15, -0.1) is 11.3 Å². The molecule has 1 heterocycles. The predicted molar refractivity (Wildman–Crippen MR) is 76.8 cm³/mol. The second-order valence-electron chi connectivity index (χ2n) is 4.30. The summed E-state index contributed by atoms with van der Waals surface area (Å²) in [6.07, 6.45) is 0. The van der Waals surface area contributed by atoms with Crippen molar-refractivity contribution in [2.75, 3.05) is 0 Å². The lowest BCUT2D eigenvalue weighted by Gasteiger charge is -2.08. The van der Waals surface area contributed by atoms with Crippen LogP contribution in [0.5, 0.6) is 0 Å². The van der Waals surface area contributed by atoms with Gasteiger partial charge in [-0.25, -0.2) is 18.1 Å². The van der Waals surface area contributed by atoms with Gasteiger partial charge in [-0.2, -0.15) is 5.26 Å². The van der Waals surface area contributed by atoms with E-state index in [0.29, 0.717) is 16.1 Å². The first-order chi connectivity index (χ1) is 9.42. The highest BCUT2D eigenvalue weighted by Crippen LogP contribution is 2.17. The molecule has 7 heteroatoms. The lowest BCUT2D eigenvalue weighted by Crippen LogP contribution is -2.24. The number of thiazole rings is 1. The van der Waals surface area contributed by atoms with Crippen molar-refractivity contribution in [2.45, 2.75) is 25.3 Å². The zero-order valence-electron chi connectivity index (χ0n) is 11.0. The zero-order valence-corrected chi connectivity index (χ0v) is 12.7. The van der Waals surface area contributed by atoms with Crippen LogP contribution in [0.4, 0.5) is 0 Å². The number of sulfonamides is 1. The summed E-state index contributed by atoms with van der Waals surface area (Å²) in [4.78, 5) is 4.33. The van der Waals surface area contributed by atoms with Crippen molar-refractivity contribution in [3.05, 3.63) is 45.4 Å². The van der Waals surface area contributed by atoms with E-state index in [2.05, 4.69) is 9.71 Å². The first-order valence-corrected chi connectivity index (χ1v) is 8.20. The molecule has 20 heavy (non-hydrogen) atoms. The zero-order chi connectivity index (χ0) is 14.8. The Bertz CT molecular complexity index is 773. The number of nitrogens with zero attached hydrogens (tertiary/aromatic N) is 2. The van der Waals surface area contributed by atoms with Crippen molar-refractivity contribution < 1.29 is 8.42 Å². The molecule has 0 aliphatic rings. The molecule has 0 unspecified atom stereocenters. The number of aromatic nitrogens is 1. The molecular formula is C13H13N3O2S2. The second-order valence-corrected chi connectivity index (χ2v) is 6.98. The minimum absolute atomic E-state index is 0.129. The summed E-state index contributed by atoms with van der Waals surface area (Å²) in [6.45, 7) is 3.70. The molecule has 1 N–H and O–H groups in total. The van der Waals surface area contributed by atoms with E-state index in [1.165, 1.54) is 17.4 Å². The van der Waals surface area contributed by atoms with Crippen LogP contribution < -0.4 is 4.72 Å². The Morgan fingerprint density at radius 1 is 1.40 bits per heavy atom. The number of hydrogen-bond acceptors (Lipinski definition) is 5. The molecule has 0 atom stereocenters. The molecule has 0 aliphatic heterocycles. The molecule has 2 rings (SSSR count). The van der Waals surface area contributed by atoms with Crippen molar-refractivity contribution >= 4 is 21.4 Å². The number of nitriles is 1. The molecule has 0 spiro atoms. The van der Waals surface area contributed by atoms with Crippen molar-refractivity contribution in [3.63, 3.8) is 0 Å². The molecule has 1 aromatic heterocycles. The summed E-state index contributed by atoms with van der Waals surface area (Å²) < 4.78 is 27.0. The third-order valence-electron chi connectivity index (χ3n) is 2.69. The summed E-state index contributed by atoms with van der Waals surface area (Å²) in [5, 5.41) is 11.4. The number of aryl methyl sites for hydroxylation is 2. The van der Waals surface area contributed by atoms with Crippen LogP contribution in [0.1, 0.15) is 21.8 Å². The molecule has 0 bridgehead atoms. The monoisotopic (exact) mass is 307 g/mol. The fourth-order valence-corrected chi connectivity index (χ4v) is 3.74. The largest absolute Gasteiger partial charge is 0.245 e. The highest BCUT2D eigenvalue weighted by Gasteiger charge is 2.17. The summed E-state index contributed by atoms with van der Waals surface area (Å²) in [5.41, 5.74) is 1.79. The Balaban J connectivity index is 2.24. The molecular weight excluding hydrogens is 294 g/mol. The van der Waals surface area contributed by atoms with Crippen LogP contribution in [-0.4, -0.2) is 13.4 Å². The van der Waals surface area contributed by atoms with E-state index >= 15 is 0 Å². The molecule has 0 fully saturated rings. The van der Waals surface area contributed by atoms with Crippen molar-refractivity contribution in [1.82, 2.24) is 9.71 Å². The first-order valence-electron chi connectivity index (χ1n) is 5.84. The summed E-state index contributed by atoms with van der Waals surface area (Å²) in [6, 6.07) is 6.54. The lowest BCUT2D eigenvalue weighted by atomic mass is 10.2. The van der Waals surface area contributed by atoms with Crippen molar-refractivity contribution in [2.24, 2.45) is 0 Å². The van der Waals surface area contributed by atoms with Gasteiger partial charge < -0.3 is 0 Å². The average molecular weight is 307 g/mol. The van der Waals surface area contributed by atoms with E-state index in [4.69, 9.17) is 5.26 Å². The summed E-state index contributed by atoms with van der Waals surface area (Å²) >= 11 is 1.41. The topological polar surface area (TPSA) is 82.9 Å². The maximum absolute atomic E-state index is 12.3. The van der Waals surface area contributed by atoms with E-state index in [0.717, 1.165) is 5.69 Å². The predicted octanol–water partition coefficient (Wildman–Crippen LogP) is 2.11. The average Bonchev–Trinajstić information content (AvgIpc) is 2.83. The van der Waals surface area contributed by atoms with Crippen LogP contribution in [0, 0.1) is 25.2 Å². The van der Waals surface area contributed by atoms with Gasteiger partial charge in [0.1, 0.15) is 5.01 Å². The number of hydrogen-bond donors (Lipinski definition) is 1. The summed E-state index contributed by atoms with van der Waals surface area (Å²) in [5.74, 6) is 0. The Morgan fingerprint density at radius 2 is 2.15 bits per heavy atom. The Hall–Kier alpha value is -1.75. The number of nitrogens with one attached hydrogen (secondary N) is 1. The highest BCUT2D eigenvalue weighted by molar-refractivity contribution is 7.89. The Labute approximate surface area is 122 Å². The van der Waals surface area contributed by atoms with E-state index in [1.807, 2.05) is 18.4 Å². The maximum Gasteiger partial charge on any atom is 0.241 e. The van der Waals surface area contributed by atoms with Crippen LogP contribution in [0.2, 0.25) is 0 Å². The standard InChI is InChI=1S/C13H13N3O2S2/c1-9-3-4-11(6-14)5-12(9)20(17,18)15-7-13-16-10(2)8-19-13/h3-5,8,15H,7H2,1-2H3. The maximum atomic E-state index is 12.3. The quantitative estimate of drug-likeness (QED) is 0.937. The molecule has 0 saturated heterocycles. The molecule has 1 aromatic carbocycles. The van der Waals surface area contributed by atoms with Crippen molar-refractivity contribution in [3.8, 4) is 6.07 Å². The molecule has 0 aliphatic carbocycles. The third kappa shape index (κ3) is 3.22. The third-order valence-corrected chi connectivity index (χ3v) is 5.20. The van der Waals surface area contributed by atoms with E-state index < -0.39 is 10.0 Å². The fraction of sp³-hybridized carbons (Fsp3) is 0.231. The van der Waals surface area contributed by atoms with Gasteiger partial charge in [0.15, 0.2) is 0 Å². The van der Waals surface area contributed by atoms with Crippen LogP contribution >= 0.6 is 11.3 Å². The Morgan fingerprint density at radius 3 is 2.75 bits per heavy atom. The molecule has 0 amide bonds. The first kappa shape index (κ1) is 14.7. The van der Waals surface area contributed by atoms with Crippen LogP contribution in [0.3, 0.4) is 0 Å². The molecule has 5 nitrogen and oxygen atoms in total. The lowest BCUT2D eigenvalue weighted by molar-refractivity contribution is 0.580. The summed E-state index contributed by atoms with van der Waals surface area (Å²) in [7, 11) is -3.65. The Kier molecular flexibility index (Phi) is 4.18. The molecule has 0 saturated carbocycles. The van der Waals surface area contributed by atoms with Gasteiger partial charge >= 0.3 is 0 Å². The minimum Gasteiger partial charge on any atom is -0.245 e. The van der Waals surface area contributed by atoms with Gasteiger partial charge in [0.05, 0.1) is 23.1 Å². The van der Waals surface area contributed by atoms with Gasteiger partial charge in [-0.1, -0.05) is 6.07 Å². The molecule has 0 radical (unpaired) electrons. The van der Waals surface area contributed by atoms with Gasteiger partial charge in [0.25, 0.3) is 0 Å². The molecule has 104 valence electrons. The highest BCUT2D eigenvalue weighted by atomic mass is 32.2. The van der Waals surface area contributed by atoms with Crippen LogP contribution in [-0.2, 0) is 16.6 Å². The SMILES string of the molecule is Cc1csc(CNS(=O)(=O)c2cc(C#N)ccc2C)n1. The minimum atomic E-state index is -3.65. The smallest absolute Gasteiger partial charge is 0.241 e. The van der Waals surface area contributed by atoms with Gasteiger partial charge in [-0.05, 0) is 31.5 Å². The van der Waals surface area contributed by atoms with E-state index in [-0.39, 0.29) is 11.4 Å².